The topological polar surface area (TPSA) is 85.5 Å². The second-order valence-electron chi connectivity index (χ2n) is 4.57. The molecule has 122 valence electrons. The van der Waals surface area contributed by atoms with Crippen LogP contribution in [-0.2, 0) is 14.3 Å². The maximum absolute atomic E-state index is 12.3. The lowest BCUT2D eigenvalue weighted by atomic mass is 10.1. The number of aromatic amines is 1. The number of thioether (sulfide) groups is 1. The van der Waals surface area contributed by atoms with Gasteiger partial charge in [-0.1, -0.05) is 0 Å². The number of ketones is 1. The molecule has 0 aliphatic heterocycles. The summed E-state index contributed by atoms with van der Waals surface area (Å²) in [6, 6.07) is 0. The van der Waals surface area contributed by atoms with Gasteiger partial charge in [-0.2, -0.15) is 0 Å². The Kier molecular flexibility index (Phi) is 7.17. The van der Waals surface area contributed by atoms with Crippen molar-refractivity contribution in [1.29, 1.82) is 0 Å². The van der Waals surface area contributed by atoms with Crippen LogP contribution in [0.2, 0.25) is 0 Å². The van der Waals surface area contributed by atoms with E-state index in [0.717, 1.165) is 0 Å². The fraction of sp³-hybridized carbons (Fsp3) is 0.533. The number of hydrogen-bond donors (Lipinski definition) is 1. The summed E-state index contributed by atoms with van der Waals surface area (Å²) in [5, 5.41) is 0. The number of rotatable bonds is 8. The maximum atomic E-state index is 12.3. The van der Waals surface area contributed by atoms with Gasteiger partial charge in [0.1, 0.15) is 0 Å². The number of ether oxygens (including phenoxy) is 2. The highest BCUT2D eigenvalue weighted by molar-refractivity contribution is 8.00. The molecule has 0 aliphatic rings. The highest BCUT2D eigenvalue weighted by Gasteiger charge is 2.25. The Morgan fingerprint density at radius 3 is 2.14 bits per heavy atom. The Labute approximate surface area is 133 Å². The Bertz CT molecular complexity index is 565. The Morgan fingerprint density at radius 2 is 1.55 bits per heavy atom. The van der Waals surface area contributed by atoms with Crippen LogP contribution < -0.4 is 0 Å². The third-order valence-corrected chi connectivity index (χ3v) is 3.80. The normalized spacial score (nSPS) is 10.4. The predicted molar refractivity (Wildman–Crippen MR) is 84.5 cm³/mol. The van der Waals surface area contributed by atoms with Crippen LogP contribution in [0.15, 0.2) is 0 Å². The van der Waals surface area contributed by atoms with Gasteiger partial charge in [-0.05, 0) is 27.7 Å². The summed E-state index contributed by atoms with van der Waals surface area (Å²) in [5.74, 6) is -0.865. The van der Waals surface area contributed by atoms with Gasteiger partial charge < -0.3 is 14.5 Å². The van der Waals surface area contributed by atoms with Gasteiger partial charge >= 0.3 is 11.9 Å². The quantitative estimate of drug-likeness (QED) is 0.582. The molecule has 0 fully saturated rings. The highest BCUT2D eigenvalue weighted by atomic mass is 32.2. The van der Waals surface area contributed by atoms with Crippen molar-refractivity contribution < 1.29 is 23.9 Å². The molecular formula is C15H21NO5S. The molecule has 0 aromatic carbocycles. The number of Topliss-reactive ketones (excluding diaryl/α,β-unsaturated/α-hetero) is 1. The Hall–Kier alpha value is -1.76. The van der Waals surface area contributed by atoms with Crippen molar-refractivity contribution in [3.63, 3.8) is 0 Å². The van der Waals surface area contributed by atoms with Crippen molar-refractivity contribution in [2.45, 2.75) is 27.7 Å². The number of aryl methyl sites for hydroxylation is 2. The van der Waals surface area contributed by atoms with E-state index in [1.807, 2.05) is 0 Å². The van der Waals surface area contributed by atoms with Gasteiger partial charge in [-0.15, -0.1) is 11.8 Å². The van der Waals surface area contributed by atoms with Gasteiger partial charge in [-0.3, -0.25) is 9.59 Å². The number of carbonyl (C=O) groups excluding carboxylic acids is 3. The third-order valence-electron chi connectivity index (χ3n) is 2.89. The lowest BCUT2D eigenvalue weighted by Crippen LogP contribution is -2.14. The maximum Gasteiger partial charge on any atom is 0.340 e. The summed E-state index contributed by atoms with van der Waals surface area (Å²) >= 11 is 1.17. The summed E-state index contributed by atoms with van der Waals surface area (Å²) < 4.78 is 9.80. The van der Waals surface area contributed by atoms with Crippen LogP contribution >= 0.6 is 11.8 Å². The standard InChI is InChI=1S/C15H21NO5S/c1-5-20-12(18)8-22-7-11(17)13-9(3)16-10(4)14(13)15(19)21-6-2/h16H,5-8H2,1-4H3. The molecule has 0 amide bonds. The second-order valence-corrected chi connectivity index (χ2v) is 5.55. The van der Waals surface area contributed by atoms with E-state index in [1.54, 1.807) is 27.7 Å². The minimum atomic E-state index is -0.511. The Balaban J connectivity index is 2.80. The van der Waals surface area contributed by atoms with Crippen LogP contribution in [0.4, 0.5) is 0 Å². The van der Waals surface area contributed by atoms with Crippen LogP contribution in [-0.4, -0.2) is 47.4 Å². The predicted octanol–water partition coefficient (Wildman–Crippen LogP) is 2.29. The molecule has 7 heteroatoms. The molecule has 6 nitrogen and oxygen atoms in total. The van der Waals surface area contributed by atoms with E-state index < -0.39 is 5.97 Å². The summed E-state index contributed by atoms with van der Waals surface area (Å²) in [7, 11) is 0. The number of H-pyrrole nitrogens is 1. The summed E-state index contributed by atoms with van der Waals surface area (Å²) in [5.41, 5.74) is 1.85. The summed E-state index contributed by atoms with van der Waals surface area (Å²) in [4.78, 5) is 38.6. The summed E-state index contributed by atoms with van der Waals surface area (Å²) in [6.07, 6.45) is 0. The molecule has 0 aliphatic carbocycles. The first kappa shape index (κ1) is 18.3. The van der Waals surface area contributed by atoms with E-state index in [0.29, 0.717) is 23.6 Å². The van der Waals surface area contributed by atoms with Crippen molar-refractivity contribution >= 4 is 29.5 Å². The van der Waals surface area contributed by atoms with E-state index in [-0.39, 0.29) is 35.4 Å². The monoisotopic (exact) mass is 327 g/mol. The van der Waals surface area contributed by atoms with E-state index in [2.05, 4.69) is 4.98 Å². The van der Waals surface area contributed by atoms with Gasteiger partial charge in [0, 0.05) is 11.4 Å². The number of carbonyl (C=O) groups is 3. The molecule has 1 heterocycles. The highest BCUT2D eigenvalue weighted by Crippen LogP contribution is 2.21. The van der Waals surface area contributed by atoms with Gasteiger partial charge in [0.2, 0.25) is 0 Å². The van der Waals surface area contributed by atoms with Crippen LogP contribution in [0.5, 0.6) is 0 Å². The van der Waals surface area contributed by atoms with Crippen molar-refractivity contribution in [3.05, 3.63) is 22.5 Å². The molecule has 0 unspecified atom stereocenters. The Morgan fingerprint density at radius 1 is 0.955 bits per heavy atom. The second kappa shape index (κ2) is 8.63. The van der Waals surface area contributed by atoms with Crippen LogP contribution in [0.1, 0.15) is 46.0 Å². The first-order chi connectivity index (χ1) is 10.4. The molecule has 1 aromatic heterocycles. The summed E-state index contributed by atoms with van der Waals surface area (Å²) in [6.45, 7) is 7.46. The zero-order chi connectivity index (χ0) is 16.7. The molecule has 1 rings (SSSR count). The zero-order valence-corrected chi connectivity index (χ0v) is 14.1. The molecule has 0 saturated carbocycles. The lowest BCUT2D eigenvalue weighted by molar-refractivity contribution is -0.139. The molecule has 0 radical (unpaired) electrons. The van der Waals surface area contributed by atoms with Crippen molar-refractivity contribution in [2.24, 2.45) is 0 Å². The molecule has 0 spiro atoms. The van der Waals surface area contributed by atoms with E-state index in [1.165, 1.54) is 11.8 Å². The largest absolute Gasteiger partial charge is 0.465 e. The van der Waals surface area contributed by atoms with Crippen molar-refractivity contribution in [1.82, 2.24) is 4.98 Å². The average molecular weight is 327 g/mol. The number of aromatic nitrogens is 1. The minimum absolute atomic E-state index is 0.101. The first-order valence-electron chi connectivity index (χ1n) is 7.05. The minimum Gasteiger partial charge on any atom is -0.465 e. The van der Waals surface area contributed by atoms with E-state index in [4.69, 9.17) is 9.47 Å². The number of hydrogen-bond acceptors (Lipinski definition) is 6. The number of nitrogens with one attached hydrogen (secondary N) is 1. The lowest BCUT2D eigenvalue weighted by Gasteiger charge is -2.06. The fourth-order valence-electron chi connectivity index (χ4n) is 2.09. The van der Waals surface area contributed by atoms with Gasteiger partial charge in [0.05, 0.1) is 35.8 Å². The van der Waals surface area contributed by atoms with E-state index >= 15 is 0 Å². The molecule has 22 heavy (non-hydrogen) atoms. The van der Waals surface area contributed by atoms with Gasteiger partial charge in [-0.25, -0.2) is 4.79 Å². The molecule has 0 atom stereocenters. The molecule has 1 aromatic rings. The van der Waals surface area contributed by atoms with Crippen LogP contribution in [0.25, 0.3) is 0 Å². The van der Waals surface area contributed by atoms with Crippen LogP contribution in [0.3, 0.4) is 0 Å². The molecular weight excluding hydrogens is 306 g/mol. The zero-order valence-electron chi connectivity index (χ0n) is 13.3. The molecule has 1 N–H and O–H groups in total. The SMILES string of the molecule is CCOC(=O)CSCC(=O)c1c(C)[nH]c(C)c1C(=O)OCC. The third kappa shape index (κ3) is 4.62. The van der Waals surface area contributed by atoms with Gasteiger partial charge in [0.25, 0.3) is 0 Å². The van der Waals surface area contributed by atoms with Crippen LogP contribution in [0, 0.1) is 13.8 Å². The smallest absolute Gasteiger partial charge is 0.340 e. The van der Waals surface area contributed by atoms with E-state index in [9.17, 15) is 14.4 Å². The first-order valence-corrected chi connectivity index (χ1v) is 8.20. The van der Waals surface area contributed by atoms with Crippen molar-refractivity contribution in [3.8, 4) is 0 Å². The fourth-order valence-corrected chi connectivity index (χ4v) is 2.77. The average Bonchev–Trinajstić information content (AvgIpc) is 2.74. The van der Waals surface area contributed by atoms with Crippen molar-refractivity contribution in [2.75, 3.05) is 24.7 Å². The molecule has 0 saturated heterocycles. The molecule has 0 bridgehead atoms. The number of esters is 2. The van der Waals surface area contributed by atoms with Gasteiger partial charge in [0.15, 0.2) is 5.78 Å².